The summed E-state index contributed by atoms with van der Waals surface area (Å²) in [6.45, 7) is 3.97. The highest BCUT2D eigenvalue weighted by Gasteiger charge is 2.27. The number of hydrogen-bond acceptors (Lipinski definition) is 5. The maximum absolute atomic E-state index is 11.7. The van der Waals surface area contributed by atoms with Crippen molar-refractivity contribution < 1.29 is 14.3 Å². The minimum absolute atomic E-state index is 0.0875. The quantitative estimate of drug-likeness (QED) is 0.778. The number of nitrogens with one attached hydrogen (secondary N) is 2. The van der Waals surface area contributed by atoms with Crippen molar-refractivity contribution >= 4 is 17.7 Å². The first-order chi connectivity index (χ1) is 8.92. The molecule has 6 nitrogen and oxygen atoms in total. The number of hydrogen-bond donors (Lipinski definition) is 2. The van der Waals surface area contributed by atoms with Crippen molar-refractivity contribution in [1.29, 1.82) is 0 Å². The fraction of sp³-hybridized carbons (Fsp3) is 0.462. The molecule has 0 spiro atoms. The molecule has 1 amide bonds. The van der Waals surface area contributed by atoms with Crippen LogP contribution in [0.25, 0.3) is 0 Å². The van der Waals surface area contributed by atoms with Crippen LogP contribution in [0.15, 0.2) is 18.3 Å². The normalized spacial score (nSPS) is 10.7. The number of esters is 1. The van der Waals surface area contributed by atoms with Crippen LogP contribution in [0.5, 0.6) is 0 Å². The maximum atomic E-state index is 11.7. The third-order valence-corrected chi connectivity index (χ3v) is 2.75. The zero-order chi connectivity index (χ0) is 14.5. The Hall–Kier alpha value is -2.11. The molecule has 1 heterocycles. The molecule has 0 radical (unpaired) electrons. The lowest BCUT2D eigenvalue weighted by atomic mass is 9.92. The van der Waals surface area contributed by atoms with E-state index in [2.05, 4.69) is 20.4 Å². The van der Waals surface area contributed by atoms with E-state index in [0.29, 0.717) is 17.9 Å². The summed E-state index contributed by atoms with van der Waals surface area (Å²) in [7, 11) is 2.90. The molecule has 2 N–H and O–H groups in total. The highest BCUT2D eigenvalue weighted by atomic mass is 16.5. The van der Waals surface area contributed by atoms with Gasteiger partial charge >= 0.3 is 5.97 Å². The van der Waals surface area contributed by atoms with Crippen molar-refractivity contribution in [2.75, 3.05) is 26.0 Å². The molecular weight excluding hydrogens is 246 g/mol. The summed E-state index contributed by atoms with van der Waals surface area (Å²) in [6.07, 6.45) is 1.57. The molecule has 0 aliphatic rings. The molecular formula is C13H19N3O3. The van der Waals surface area contributed by atoms with Gasteiger partial charge in [0, 0.05) is 19.8 Å². The van der Waals surface area contributed by atoms with Crippen molar-refractivity contribution in [3.8, 4) is 0 Å². The van der Waals surface area contributed by atoms with Crippen LogP contribution in [0.2, 0.25) is 0 Å². The number of anilines is 1. The van der Waals surface area contributed by atoms with E-state index in [1.807, 2.05) is 0 Å². The Labute approximate surface area is 112 Å². The zero-order valence-corrected chi connectivity index (χ0v) is 11.6. The van der Waals surface area contributed by atoms with E-state index in [0.717, 1.165) is 0 Å². The molecule has 104 valence electrons. The Kier molecular flexibility index (Phi) is 4.86. The van der Waals surface area contributed by atoms with Crippen molar-refractivity contribution in [1.82, 2.24) is 10.3 Å². The Morgan fingerprint density at radius 1 is 1.42 bits per heavy atom. The molecule has 19 heavy (non-hydrogen) atoms. The van der Waals surface area contributed by atoms with E-state index in [9.17, 15) is 9.59 Å². The first kappa shape index (κ1) is 14.9. The van der Waals surface area contributed by atoms with Gasteiger partial charge in [0.15, 0.2) is 0 Å². The number of amides is 1. The first-order valence-electron chi connectivity index (χ1n) is 5.91. The van der Waals surface area contributed by atoms with Gasteiger partial charge in [0.25, 0.3) is 0 Å². The summed E-state index contributed by atoms with van der Waals surface area (Å²) in [5.74, 6) is -0.143. The van der Waals surface area contributed by atoms with Crippen molar-refractivity contribution in [3.63, 3.8) is 0 Å². The van der Waals surface area contributed by atoms with Gasteiger partial charge < -0.3 is 15.4 Å². The largest absolute Gasteiger partial charge is 0.465 e. The fourth-order valence-electron chi connectivity index (χ4n) is 1.54. The number of aromatic nitrogens is 1. The molecule has 0 aromatic carbocycles. The van der Waals surface area contributed by atoms with Gasteiger partial charge in [-0.3, -0.25) is 4.79 Å². The molecule has 0 unspecified atom stereocenters. The van der Waals surface area contributed by atoms with Gasteiger partial charge in [0.1, 0.15) is 11.4 Å². The summed E-state index contributed by atoms with van der Waals surface area (Å²) in [5.41, 5.74) is -0.266. The predicted octanol–water partition coefficient (Wildman–Crippen LogP) is 1.05. The van der Waals surface area contributed by atoms with Crippen LogP contribution in [0.1, 0.15) is 24.2 Å². The monoisotopic (exact) mass is 265 g/mol. The Morgan fingerprint density at radius 2 is 2.11 bits per heavy atom. The Balaban J connectivity index is 2.84. The average Bonchev–Trinajstić information content (AvgIpc) is 2.43. The topological polar surface area (TPSA) is 80.3 Å². The first-order valence-corrected chi connectivity index (χ1v) is 5.91. The molecule has 0 aliphatic heterocycles. The van der Waals surface area contributed by atoms with E-state index < -0.39 is 11.4 Å². The molecule has 0 bridgehead atoms. The second kappa shape index (κ2) is 6.17. The lowest BCUT2D eigenvalue weighted by molar-refractivity contribution is -0.128. The molecule has 0 fully saturated rings. The lowest BCUT2D eigenvalue weighted by Crippen LogP contribution is -2.39. The smallest absolute Gasteiger partial charge is 0.341 e. The minimum atomic E-state index is -0.611. The Bertz CT molecular complexity index is 472. The predicted molar refractivity (Wildman–Crippen MR) is 71.9 cm³/mol. The highest BCUT2D eigenvalue weighted by molar-refractivity contribution is 5.94. The summed E-state index contributed by atoms with van der Waals surface area (Å²) < 4.78 is 4.68. The zero-order valence-electron chi connectivity index (χ0n) is 11.6. The molecule has 1 aromatic rings. The van der Waals surface area contributed by atoms with Crippen molar-refractivity contribution in [2.45, 2.75) is 13.8 Å². The molecule has 0 aliphatic carbocycles. The van der Waals surface area contributed by atoms with Crippen LogP contribution in [0, 0.1) is 5.41 Å². The molecule has 1 rings (SSSR count). The summed E-state index contributed by atoms with van der Waals surface area (Å²) in [4.78, 5) is 27.3. The van der Waals surface area contributed by atoms with Gasteiger partial charge in [-0.1, -0.05) is 0 Å². The third kappa shape index (κ3) is 3.67. The van der Waals surface area contributed by atoms with Gasteiger partial charge in [-0.25, -0.2) is 9.78 Å². The highest BCUT2D eigenvalue weighted by Crippen LogP contribution is 2.18. The number of ether oxygens (including phenoxy) is 1. The Morgan fingerprint density at radius 3 is 2.68 bits per heavy atom. The van der Waals surface area contributed by atoms with Gasteiger partial charge in [0.05, 0.1) is 12.5 Å². The number of nitrogens with zero attached hydrogens (tertiary/aromatic N) is 1. The van der Waals surface area contributed by atoms with E-state index in [4.69, 9.17) is 0 Å². The molecule has 0 atom stereocenters. The molecule has 6 heteroatoms. The van der Waals surface area contributed by atoms with E-state index in [1.165, 1.54) is 7.11 Å². The van der Waals surface area contributed by atoms with Gasteiger partial charge in [-0.05, 0) is 26.0 Å². The van der Waals surface area contributed by atoms with Crippen LogP contribution in [-0.2, 0) is 9.53 Å². The van der Waals surface area contributed by atoms with E-state index >= 15 is 0 Å². The summed E-state index contributed by atoms with van der Waals surface area (Å²) >= 11 is 0. The van der Waals surface area contributed by atoms with Crippen LogP contribution in [0.3, 0.4) is 0 Å². The van der Waals surface area contributed by atoms with Crippen LogP contribution >= 0.6 is 0 Å². The van der Waals surface area contributed by atoms with Crippen LogP contribution in [-0.4, -0.2) is 37.6 Å². The van der Waals surface area contributed by atoms with E-state index in [-0.39, 0.29) is 5.91 Å². The van der Waals surface area contributed by atoms with E-state index in [1.54, 1.807) is 39.2 Å². The standard InChI is InChI=1S/C13H19N3O3/c1-13(2,12(18)14-3)8-16-10-9(11(17)19-4)6-5-7-15-10/h5-7H,8H2,1-4H3,(H,14,18)(H,15,16). The van der Waals surface area contributed by atoms with Crippen molar-refractivity contribution in [3.05, 3.63) is 23.9 Å². The molecule has 1 aromatic heterocycles. The van der Waals surface area contributed by atoms with Crippen LogP contribution < -0.4 is 10.6 Å². The number of carbonyl (C=O) groups is 2. The van der Waals surface area contributed by atoms with Crippen LogP contribution in [0.4, 0.5) is 5.82 Å². The van der Waals surface area contributed by atoms with Gasteiger partial charge in [-0.2, -0.15) is 0 Å². The number of carbonyl (C=O) groups excluding carboxylic acids is 2. The number of methoxy groups -OCH3 is 1. The van der Waals surface area contributed by atoms with Gasteiger partial charge in [0.2, 0.25) is 5.91 Å². The average molecular weight is 265 g/mol. The minimum Gasteiger partial charge on any atom is -0.465 e. The third-order valence-electron chi connectivity index (χ3n) is 2.75. The second-order valence-corrected chi connectivity index (χ2v) is 4.71. The maximum Gasteiger partial charge on any atom is 0.341 e. The van der Waals surface area contributed by atoms with Crippen molar-refractivity contribution in [2.24, 2.45) is 5.41 Å². The number of rotatable bonds is 5. The molecule has 0 saturated carbocycles. The lowest BCUT2D eigenvalue weighted by Gasteiger charge is -2.23. The molecule has 0 saturated heterocycles. The number of pyridine rings is 1. The fourth-order valence-corrected chi connectivity index (χ4v) is 1.54. The summed E-state index contributed by atoms with van der Waals surface area (Å²) in [6, 6.07) is 3.27. The SMILES string of the molecule is CNC(=O)C(C)(C)CNc1ncccc1C(=O)OC. The second-order valence-electron chi connectivity index (χ2n) is 4.71. The summed E-state index contributed by atoms with van der Waals surface area (Å²) in [5, 5.41) is 5.61. The van der Waals surface area contributed by atoms with Gasteiger partial charge in [-0.15, -0.1) is 0 Å².